The zero-order valence-corrected chi connectivity index (χ0v) is 18.1. The van der Waals surface area contributed by atoms with E-state index in [4.69, 9.17) is 16.6 Å². The Morgan fingerprint density at radius 2 is 1.86 bits per heavy atom. The van der Waals surface area contributed by atoms with Crippen LogP contribution >= 0.6 is 27.5 Å². The van der Waals surface area contributed by atoms with E-state index < -0.39 is 0 Å². The first-order chi connectivity index (χ1) is 14.0. The maximum atomic E-state index is 12.7. The number of hydrogen-bond acceptors (Lipinski definition) is 2. The number of benzene rings is 3. The van der Waals surface area contributed by atoms with Crippen LogP contribution in [0.1, 0.15) is 34.7 Å². The molecule has 1 amide bonds. The lowest BCUT2D eigenvalue weighted by atomic mass is 10.2. The predicted octanol–water partition coefficient (Wildman–Crippen LogP) is 5.99. The number of fused-ring (bicyclic) bond motifs is 1. The molecule has 1 heterocycles. The van der Waals surface area contributed by atoms with E-state index in [0.717, 1.165) is 26.9 Å². The molecular weight excluding hydrogens is 450 g/mol. The summed E-state index contributed by atoms with van der Waals surface area (Å²) in [5, 5.41) is 3.47. The van der Waals surface area contributed by atoms with Gasteiger partial charge in [-0.1, -0.05) is 63.9 Å². The van der Waals surface area contributed by atoms with E-state index in [1.54, 1.807) is 24.3 Å². The molecule has 0 aliphatic heterocycles. The van der Waals surface area contributed by atoms with E-state index in [9.17, 15) is 4.79 Å². The second kappa shape index (κ2) is 8.39. The van der Waals surface area contributed by atoms with E-state index in [-0.39, 0.29) is 11.9 Å². The van der Waals surface area contributed by atoms with Crippen molar-refractivity contribution in [3.05, 3.63) is 99.2 Å². The third-order valence-corrected chi connectivity index (χ3v) is 5.59. The number of hydrogen-bond donors (Lipinski definition) is 1. The molecule has 1 N–H and O–H groups in total. The predicted molar refractivity (Wildman–Crippen MR) is 120 cm³/mol. The van der Waals surface area contributed by atoms with Gasteiger partial charge < -0.3 is 9.88 Å². The van der Waals surface area contributed by atoms with Crippen LogP contribution in [0.25, 0.3) is 11.0 Å². The molecule has 1 atom stereocenters. The van der Waals surface area contributed by atoms with Crippen molar-refractivity contribution in [2.75, 3.05) is 0 Å². The molecule has 0 saturated heterocycles. The van der Waals surface area contributed by atoms with Crippen LogP contribution in [0.5, 0.6) is 0 Å². The van der Waals surface area contributed by atoms with E-state index >= 15 is 0 Å². The van der Waals surface area contributed by atoms with Crippen molar-refractivity contribution in [3.8, 4) is 0 Å². The number of imidazole rings is 1. The smallest absolute Gasteiger partial charge is 0.253 e. The van der Waals surface area contributed by atoms with E-state index in [2.05, 4.69) is 37.9 Å². The van der Waals surface area contributed by atoms with Crippen LogP contribution in [0.2, 0.25) is 5.02 Å². The normalized spacial score (nSPS) is 12.1. The molecule has 6 heteroatoms. The summed E-state index contributed by atoms with van der Waals surface area (Å²) in [5.41, 5.74) is 3.53. The van der Waals surface area contributed by atoms with Gasteiger partial charge >= 0.3 is 0 Å². The Labute approximate surface area is 182 Å². The Hall–Kier alpha value is -2.63. The van der Waals surface area contributed by atoms with E-state index in [0.29, 0.717) is 17.1 Å². The van der Waals surface area contributed by atoms with Crippen molar-refractivity contribution < 1.29 is 4.79 Å². The highest BCUT2D eigenvalue weighted by Gasteiger charge is 2.20. The molecule has 0 radical (unpaired) electrons. The fourth-order valence-corrected chi connectivity index (χ4v) is 4.06. The van der Waals surface area contributed by atoms with Gasteiger partial charge in [-0.2, -0.15) is 0 Å². The van der Waals surface area contributed by atoms with Crippen LogP contribution in [0.3, 0.4) is 0 Å². The summed E-state index contributed by atoms with van der Waals surface area (Å²) in [6.07, 6.45) is 0. The number of nitrogens with one attached hydrogen (secondary N) is 1. The van der Waals surface area contributed by atoms with Crippen molar-refractivity contribution in [1.29, 1.82) is 0 Å². The van der Waals surface area contributed by atoms with Crippen LogP contribution < -0.4 is 5.32 Å². The van der Waals surface area contributed by atoms with Crippen molar-refractivity contribution in [1.82, 2.24) is 14.9 Å². The highest BCUT2D eigenvalue weighted by atomic mass is 79.9. The van der Waals surface area contributed by atoms with Crippen LogP contribution in [-0.4, -0.2) is 15.5 Å². The first-order valence-corrected chi connectivity index (χ1v) is 10.4. The second-order valence-electron chi connectivity index (χ2n) is 6.85. The molecule has 0 aliphatic rings. The molecule has 4 aromatic rings. The first kappa shape index (κ1) is 19.7. The van der Waals surface area contributed by atoms with Gasteiger partial charge in [0, 0.05) is 11.0 Å². The highest BCUT2D eigenvalue weighted by Crippen LogP contribution is 2.24. The molecule has 0 fully saturated rings. The fraction of sp³-hybridized carbons (Fsp3) is 0.130. The lowest BCUT2D eigenvalue weighted by Gasteiger charge is -2.17. The van der Waals surface area contributed by atoms with Gasteiger partial charge in [-0.15, -0.1) is 0 Å². The van der Waals surface area contributed by atoms with Crippen molar-refractivity contribution >= 4 is 44.5 Å². The summed E-state index contributed by atoms with van der Waals surface area (Å²) in [6, 6.07) is 22.9. The Bertz CT molecular complexity index is 1190. The topological polar surface area (TPSA) is 46.9 Å². The lowest BCUT2D eigenvalue weighted by Crippen LogP contribution is -2.29. The molecule has 3 aromatic carbocycles. The zero-order chi connectivity index (χ0) is 20.4. The Kier molecular flexibility index (Phi) is 5.69. The molecule has 0 saturated carbocycles. The quantitative estimate of drug-likeness (QED) is 0.391. The molecular formula is C23H19BrClN3O. The third-order valence-electron chi connectivity index (χ3n) is 4.77. The summed E-state index contributed by atoms with van der Waals surface area (Å²) < 4.78 is 3.18. The monoisotopic (exact) mass is 467 g/mol. The minimum absolute atomic E-state index is 0.218. The highest BCUT2D eigenvalue weighted by molar-refractivity contribution is 9.10. The second-order valence-corrected chi connectivity index (χ2v) is 8.17. The van der Waals surface area contributed by atoms with Crippen LogP contribution in [0.15, 0.2) is 77.3 Å². The number of rotatable bonds is 5. The molecule has 4 rings (SSSR count). The summed E-state index contributed by atoms with van der Waals surface area (Å²) in [7, 11) is 0. The Morgan fingerprint density at radius 3 is 2.66 bits per heavy atom. The SMILES string of the molecule is CC(NC(=O)c1ccccc1Cl)c1nc2ccccc2n1Cc1cccc(Br)c1. The van der Waals surface area contributed by atoms with Gasteiger partial charge in [-0.3, -0.25) is 4.79 Å². The first-order valence-electron chi connectivity index (χ1n) is 9.28. The van der Waals surface area contributed by atoms with Crippen LogP contribution in [0.4, 0.5) is 0 Å². The third kappa shape index (κ3) is 4.21. The number of carbonyl (C=O) groups is 1. The number of carbonyl (C=O) groups excluding carboxylic acids is 1. The minimum Gasteiger partial charge on any atom is -0.342 e. The summed E-state index contributed by atoms with van der Waals surface area (Å²) in [5.74, 6) is 0.579. The number of nitrogens with zero attached hydrogens (tertiary/aromatic N) is 2. The molecule has 1 aromatic heterocycles. The Balaban J connectivity index is 1.69. The molecule has 146 valence electrons. The van der Waals surface area contributed by atoms with Crippen molar-refractivity contribution in [2.45, 2.75) is 19.5 Å². The van der Waals surface area contributed by atoms with Crippen LogP contribution in [-0.2, 0) is 6.54 Å². The maximum absolute atomic E-state index is 12.7. The minimum atomic E-state index is -0.293. The molecule has 4 nitrogen and oxygen atoms in total. The molecule has 29 heavy (non-hydrogen) atoms. The van der Waals surface area contributed by atoms with Crippen LogP contribution in [0, 0.1) is 0 Å². The summed E-state index contributed by atoms with van der Waals surface area (Å²) in [6.45, 7) is 2.59. The lowest BCUT2D eigenvalue weighted by molar-refractivity contribution is 0.0938. The van der Waals surface area contributed by atoms with Gasteiger partial charge in [-0.05, 0) is 48.9 Å². The average molecular weight is 469 g/mol. The van der Waals surface area contributed by atoms with E-state index in [1.807, 2.05) is 43.3 Å². The molecule has 1 unspecified atom stereocenters. The largest absolute Gasteiger partial charge is 0.342 e. The fourth-order valence-electron chi connectivity index (χ4n) is 3.39. The van der Waals surface area contributed by atoms with Gasteiger partial charge in [0.15, 0.2) is 0 Å². The zero-order valence-electron chi connectivity index (χ0n) is 15.8. The number of amides is 1. The van der Waals surface area contributed by atoms with Gasteiger partial charge in [0.2, 0.25) is 0 Å². The molecule has 0 bridgehead atoms. The maximum Gasteiger partial charge on any atom is 0.253 e. The Morgan fingerprint density at radius 1 is 1.10 bits per heavy atom. The number of aromatic nitrogens is 2. The van der Waals surface area contributed by atoms with Crippen molar-refractivity contribution in [2.24, 2.45) is 0 Å². The summed E-state index contributed by atoms with van der Waals surface area (Å²) >= 11 is 9.71. The van der Waals surface area contributed by atoms with E-state index in [1.165, 1.54) is 0 Å². The van der Waals surface area contributed by atoms with Gasteiger partial charge in [0.25, 0.3) is 5.91 Å². The van der Waals surface area contributed by atoms with Crippen molar-refractivity contribution in [3.63, 3.8) is 0 Å². The number of halogens is 2. The standard InChI is InChI=1S/C23H19BrClN3O/c1-15(26-23(29)18-9-2-3-10-19(18)25)22-27-20-11-4-5-12-21(20)28(22)14-16-7-6-8-17(24)13-16/h2-13,15H,14H2,1H3,(H,26,29). The van der Waals surface area contributed by atoms with Gasteiger partial charge in [-0.25, -0.2) is 4.98 Å². The number of para-hydroxylation sites is 2. The summed E-state index contributed by atoms with van der Waals surface area (Å²) in [4.78, 5) is 17.5. The van der Waals surface area contributed by atoms with Gasteiger partial charge in [0.1, 0.15) is 5.82 Å². The molecule has 0 aliphatic carbocycles. The van der Waals surface area contributed by atoms with Gasteiger partial charge in [0.05, 0.1) is 27.7 Å². The average Bonchev–Trinajstić information content (AvgIpc) is 3.07. The molecule has 0 spiro atoms.